The summed E-state index contributed by atoms with van der Waals surface area (Å²) in [6, 6.07) is 9.96. The van der Waals surface area contributed by atoms with Crippen LogP contribution in [0, 0.1) is 22.2 Å². The van der Waals surface area contributed by atoms with Crippen LogP contribution in [0.2, 0.25) is 0 Å². The van der Waals surface area contributed by atoms with Gasteiger partial charge in [0.25, 0.3) is 0 Å². The molecular weight excluding hydrogens is 512 g/mol. The van der Waals surface area contributed by atoms with E-state index < -0.39 is 0 Å². The molecule has 1 atom stereocenters. The predicted molar refractivity (Wildman–Crippen MR) is 193 cm³/mol. The smallest absolute Gasteiger partial charge is 0.119 e. The zero-order valence-corrected chi connectivity index (χ0v) is 31.6. The SMILES string of the molecule is CCC(C)COc1ccccc1.CCC(CC)(CC)CC.CCC(CC)(CC)COCC(CC)(CC)CC.CCCC. The average molecular weight is 593 g/mol. The highest BCUT2D eigenvalue weighted by Crippen LogP contribution is 2.35. The summed E-state index contributed by atoms with van der Waals surface area (Å²) in [6.45, 7) is 34.4. The number of rotatable bonds is 19. The molecule has 0 heterocycles. The minimum Gasteiger partial charge on any atom is -0.493 e. The van der Waals surface area contributed by atoms with E-state index in [1.54, 1.807) is 0 Å². The molecule has 0 spiro atoms. The van der Waals surface area contributed by atoms with Crippen molar-refractivity contribution in [3.63, 3.8) is 0 Å². The van der Waals surface area contributed by atoms with Crippen LogP contribution in [-0.4, -0.2) is 19.8 Å². The van der Waals surface area contributed by atoms with Crippen molar-refractivity contribution >= 4 is 0 Å². The number of unbranched alkanes of at least 4 members (excludes halogenated alkanes) is 1. The van der Waals surface area contributed by atoms with Gasteiger partial charge in [0, 0.05) is 0 Å². The second-order valence-electron chi connectivity index (χ2n) is 12.7. The first-order valence-electron chi connectivity index (χ1n) is 18.3. The maximum Gasteiger partial charge on any atom is 0.119 e. The molecule has 1 unspecified atom stereocenters. The summed E-state index contributed by atoms with van der Waals surface area (Å²) in [5.41, 5.74) is 1.50. The summed E-state index contributed by atoms with van der Waals surface area (Å²) in [5.74, 6) is 1.61. The average Bonchev–Trinajstić information content (AvgIpc) is 3.07. The highest BCUT2D eigenvalue weighted by molar-refractivity contribution is 5.20. The van der Waals surface area contributed by atoms with Gasteiger partial charge >= 0.3 is 0 Å². The van der Waals surface area contributed by atoms with Crippen LogP contribution >= 0.6 is 0 Å². The third-order valence-corrected chi connectivity index (χ3v) is 10.8. The fourth-order valence-corrected chi connectivity index (χ4v) is 4.97. The normalized spacial score (nSPS) is 12.1. The summed E-state index contributed by atoms with van der Waals surface area (Å²) in [7, 11) is 0. The molecule has 1 aromatic carbocycles. The van der Waals surface area contributed by atoms with Gasteiger partial charge in [0.1, 0.15) is 5.75 Å². The summed E-state index contributed by atoms with van der Waals surface area (Å²) in [4.78, 5) is 0. The summed E-state index contributed by atoms with van der Waals surface area (Å²) < 4.78 is 11.7. The van der Waals surface area contributed by atoms with Crippen molar-refractivity contribution in [3.8, 4) is 5.75 Å². The van der Waals surface area contributed by atoms with Gasteiger partial charge in [0.2, 0.25) is 0 Å². The van der Waals surface area contributed by atoms with Crippen molar-refractivity contribution < 1.29 is 9.47 Å². The Balaban J connectivity index is -0.000000531. The fourth-order valence-electron chi connectivity index (χ4n) is 4.97. The Labute approximate surface area is 267 Å². The lowest BCUT2D eigenvalue weighted by atomic mass is 9.78. The lowest BCUT2D eigenvalue weighted by Gasteiger charge is -2.34. The Kier molecular flexibility index (Phi) is 31.1. The minimum absolute atomic E-state index is 0.418. The molecule has 0 radical (unpaired) electrons. The highest BCUT2D eigenvalue weighted by Gasteiger charge is 2.28. The molecule has 0 aliphatic heterocycles. The standard InChI is InChI=1S/C16H34O.C11H16O.C9H20.C4H10/c1-7-15(8-2,9-3)13-17-14-16(10-4,11-5)12-6;1-3-10(2)9-12-11-7-5-4-6-8-11;1-5-9(6-2,7-3)8-4;1-3-4-2/h7-14H2,1-6H3;4-8,10H,3,9H2,1-2H3;5-8H2,1-4H3;3-4H2,1-2H3. The zero-order valence-electron chi connectivity index (χ0n) is 31.6. The van der Waals surface area contributed by atoms with Gasteiger partial charge in [0.15, 0.2) is 0 Å². The molecule has 0 aliphatic rings. The molecule has 252 valence electrons. The molecule has 0 N–H and O–H groups in total. The summed E-state index contributed by atoms with van der Waals surface area (Å²) in [6.07, 6.45) is 16.6. The van der Waals surface area contributed by atoms with E-state index >= 15 is 0 Å². The van der Waals surface area contributed by atoms with Crippen molar-refractivity contribution in [2.45, 2.75) is 180 Å². The van der Waals surface area contributed by atoms with Crippen LogP contribution in [-0.2, 0) is 4.74 Å². The van der Waals surface area contributed by atoms with Crippen molar-refractivity contribution in [3.05, 3.63) is 30.3 Å². The zero-order chi connectivity index (χ0) is 32.9. The van der Waals surface area contributed by atoms with E-state index in [0.29, 0.717) is 22.2 Å². The van der Waals surface area contributed by atoms with Crippen LogP contribution in [0.5, 0.6) is 5.75 Å². The van der Waals surface area contributed by atoms with Gasteiger partial charge in [-0.1, -0.05) is 160 Å². The van der Waals surface area contributed by atoms with Crippen molar-refractivity contribution in [1.29, 1.82) is 0 Å². The fraction of sp³-hybridized carbons (Fsp3) is 0.850. The van der Waals surface area contributed by atoms with Gasteiger partial charge in [-0.3, -0.25) is 0 Å². The van der Waals surface area contributed by atoms with Crippen molar-refractivity contribution in [2.24, 2.45) is 22.2 Å². The first-order valence-corrected chi connectivity index (χ1v) is 18.3. The molecule has 0 aromatic heterocycles. The summed E-state index contributed by atoms with van der Waals surface area (Å²) in [5, 5.41) is 0. The second-order valence-corrected chi connectivity index (χ2v) is 12.7. The lowest BCUT2D eigenvalue weighted by Crippen LogP contribution is -2.30. The minimum atomic E-state index is 0.418. The number of para-hydroxylation sites is 1. The molecular formula is C40H80O2. The second kappa shape index (κ2) is 28.7. The molecule has 0 aliphatic carbocycles. The van der Waals surface area contributed by atoms with Crippen molar-refractivity contribution in [1.82, 2.24) is 0 Å². The maximum absolute atomic E-state index is 6.11. The molecule has 0 saturated carbocycles. The van der Waals surface area contributed by atoms with Gasteiger partial charge in [-0.25, -0.2) is 0 Å². The Morgan fingerprint density at radius 3 is 1.07 bits per heavy atom. The van der Waals surface area contributed by atoms with E-state index in [-0.39, 0.29) is 0 Å². The Bertz CT molecular complexity index is 585. The van der Waals surface area contributed by atoms with Crippen LogP contribution in [0.25, 0.3) is 0 Å². The van der Waals surface area contributed by atoms with Gasteiger partial charge in [0.05, 0.1) is 19.8 Å². The number of benzene rings is 1. The van der Waals surface area contributed by atoms with Gasteiger partial charge in [-0.2, -0.15) is 0 Å². The van der Waals surface area contributed by atoms with Crippen LogP contribution in [0.3, 0.4) is 0 Å². The van der Waals surface area contributed by atoms with Gasteiger partial charge < -0.3 is 9.47 Å². The van der Waals surface area contributed by atoms with Crippen LogP contribution in [0.4, 0.5) is 0 Å². The van der Waals surface area contributed by atoms with Crippen LogP contribution in [0.15, 0.2) is 30.3 Å². The number of ether oxygens (including phenoxy) is 2. The molecule has 0 amide bonds. The Morgan fingerprint density at radius 2 is 0.833 bits per heavy atom. The van der Waals surface area contributed by atoms with E-state index in [0.717, 1.165) is 25.6 Å². The third-order valence-electron chi connectivity index (χ3n) is 10.8. The van der Waals surface area contributed by atoms with Gasteiger partial charge in [-0.05, 0) is 72.8 Å². The quantitative estimate of drug-likeness (QED) is 0.159. The third kappa shape index (κ3) is 20.0. The topological polar surface area (TPSA) is 18.5 Å². The molecule has 2 nitrogen and oxygen atoms in total. The predicted octanol–water partition coefficient (Wildman–Crippen LogP) is 14.0. The Morgan fingerprint density at radius 1 is 0.500 bits per heavy atom. The molecule has 2 heteroatoms. The highest BCUT2D eigenvalue weighted by atomic mass is 16.5. The Hall–Kier alpha value is -1.02. The van der Waals surface area contributed by atoms with E-state index in [2.05, 4.69) is 96.9 Å². The molecule has 1 rings (SSSR count). The first kappa shape index (κ1) is 45.4. The first-order chi connectivity index (χ1) is 20.1. The van der Waals surface area contributed by atoms with Gasteiger partial charge in [-0.15, -0.1) is 0 Å². The lowest BCUT2D eigenvalue weighted by molar-refractivity contribution is -0.0181. The number of hydrogen-bond acceptors (Lipinski definition) is 2. The molecule has 1 aromatic rings. The van der Waals surface area contributed by atoms with Crippen LogP contribution in [0.1, 0.15) is 180 Å². The van der Waals surface area contributed by atoms with E-state index in [4.69, 9.17) is 9.47 Å². The maximum atomic E-state index is 6.11. The number of hydrogen-bond donors (Lipinski definition) is 0. The monoisotopic (exact) mass is 593 g/mol. The molecule has 0 fully saturated rings. The van der Waals surface area contributed by atoms with Crippen molar-refractivity contribution in [2.75, 3.05) is 19.8 Å². The molecule has 0 saturated heterocycles. The molecule has 0 bridgehead atoms. The van der Waals surface area contributed by atoms with Crippen LogP contribution < -0.4 is 4.74 Å². The molecule has 42 heavy (non-hydrogen) atoms. The van der Waals surface area contributed by atoms with E-state index in [9.17, 15) is 0 Å². The largest absolute Gasteiger partial charge is 0.493 e. The van der Waals surface area contributed by atoms with E-state index in [1.807, 2.05) is 30.3 Å². The summed E-state index contributed by atoms with van der Waals surface area (Å²) >= 11 is 0. The van der Waals surface area contributed by atoms with E-state index in [1.165, 1.54) is 83.5 Å².